The van der Waals surface area contributed by atoms with Crippen LogP contribution in [0.3, 0.4) is 0 Å². The number of nitrogens with one attached hydrogen (secondary N) is 3. The number of benzene rings is 2. The smallest absolute Gasteiger partial charge is 0.247 e. The molecule has 1 fully saturated rings. The number of fused-ring (bicyclic) bond motifs is 1. The van der Waals surface area contributed by atoms with E-state index in [1.807, 2.05) is 42.5 Å². The molecule has 1 aliphatic heterocycles. The van der Waals surface area contributed by atoms with Gasteiger partial charge in [-0.2, -0.15) is 0 Å². The first kappa shape index (κ1) is 30.8. The quantitative estimate of drug-likeness (QED) is 0.137. The summed E-state index contributed by atoms with van der Waals surface area (Å²) >= 11 is 0. The van der Waals surface area contributed by atoms with E-state index in [9.17, 15) is 9.90 Å². The number of aromatic amines is 1. The molecule has 12 nitrogen and oxygen atoms in total. The lowest BCUT2D eigenvalue weighted by molar-refractivity contribution is -0.111. The third-order valence-corrected chi connectivity index (χ3v) is 8.21. The molecule has 12 heteroatoms. The lowest BCUT2D eigenvalue weighted by Crippen LogP contribution is -2.31. The summed E-state index contributed by atoms with van der Waals surface area (Å²) in [5.74, 6) is 1.34. The number of H-pyrrole nitrogens is 1. The number of nitrogens with zero attached hydrogens (tertiary/aromatic N) is 5. The predicted octanol–water partition coefficient (Wildman–Crippen LogP) is 5.22. The van der Waals surface area contributed by atoms with Crippen molar-refractivity contribution < 1.29 is 19.1 Å². The van der Waals surface area contributed by atoms with Crippen LogP contribution >= 0.6 is 0 Å². The molecule has 4 heterocycles. The molecule has 0 saturated carbocycles. The van der Waals surface area contributed by atoms with Gasteiger partial charge in [-0.05, 0) is 57.3 Å². The molecule has 0 unspecified atom stereocenters. The number of aliphatic hydroxyl groups excluding tert-OH is 1. The number of likely N-dealkylation sites (N-methyl/N-ethyl adjacent to an activating group) is 1. The SMILES string of the molecule is C=CC(=O)Nc1cc(Nc2nccc(-c3[nH]c(CCCO)nc3-c3ccc4ccoc4c3)n2)c(OC)cc1N1CC[C@H](N(C)C)C1. The van der Waals surface area contributed by atoms with Crippen molar-refractivity contribution in [3.63, 3.8) is 0 Å². The van der Waals surface area contributed by atoms with Gasteiger partial charge in [0.1, 0.15) is 17.2 Å². The van der Waals surface area contributed by atoms with Crippen LogP contribution in [0.2, 0.25) is 0 Å². The minimum absolute atomic E-state index is 0.0646. The Hall–Kier alpha value is -5.20. The zero-order valence-corrected chi connectivity index (χ0v) is 26.2. The second-order valence-electron chi connectivity index (χ2n) is 11.4. The van der Waals surface area contributed by atoms with Crippen molar-refractivity contribution in [2.75, 3.05) is 56.4 Å². The number of rotatable bonds is 12. The largest absolute Gasteiger partial charge is 0.494 e. The molecule has 1 amide bonds. The number of methoxy groups -OCH3 is 1. The van der Waals surface area contributed by atoms with E-state index in [0.717, 1.165) is 53.2 Å². The van der Waals surface area contributed by atoms with Crippen molar-refractivity contribution in [2.24, 2.45) is 0 Å². The van der Waals surface area contributed by atoms with Gasteiger partial charge < -0.3 is 39.7 Å². The minimum atomic E-state index is -0.310. The zero-order valence-electron chi connectivity index (χ0n) is 26.2. The fourth-order valence-corrected chi connectivity index (χ4v) is 5.73. The number of anilines is 4. The number of aliphatic hydroxyl groups is 1. The Morgan fingerprint density at radius 2 is 2.09 bits per heavy atom. The lowest BCUT2D eigenvalue weighted by Gasteiger charge is -2.25. The molecular weight excluding hydrogens is 584 g/mol. The number of aromatic nitrogens is 4. The molecule has 4 N–H and O–H groups in total. The summed E-state index contributed by atoms with van der Waals surface area (Å²) in [4.78, 5) is 34.5. The Morgan fingerprint density at radius 1 is 1.22 bits per heavy atom. The van der Waals surface area contributed by atoms with Gasteiger partial charge in [0, 0.05) is 55.4 Å². The number of hydrogen-bond donors (Lipinski definition) is 4. The fourth-order valence-electron chi connectivity index (χ4n) is 5.73. The van der Waals surface area contributed by atoms with Crippen LogP contribution in [-0.4, -0.2) is 82.8 Å². The van der Waals surface area contributed by atoms with Gasteiger partial charge in [-0.25, -0.2) is 15.0 Å². The summed E-state index contributed by atoms with van der Waals surface area (Å²) in [6.45, 7) is 5.36. The normalized spacial score (nSPS) is 14.6. The average molecular weight is 623 g/mol. The van der Waals surface area contributed by atoms with E-state index in [0.29, 0.717) is 53.3 Å². The number of carbonyl (C=O) groups is 1. The summed E-state index contributed by atoms with van der Waals surface area (Å²) in [6.07, 6.45) is 6.75. The third kappa shape index (κ3) is 6.44. The van der Waals surface area contributed by atoms with Crippen molar-refractivity contribution >= 4 is 39.9 Å². The van der Waals surface area contributed by atoms with Gasteiger partial charge in [0.05, 0.1) is 47.5 Å². The molecule has 2 aromatic carbocycles. The van der Waals surface area contributed by atoms with Crippen LogP contribution in [0.15, 0.2) is 72.0 Å². The molecule has 238 valence electrons. The highest BCUT2D eigenvalue weighted by Crippen LogP contribution is 2.40. The van der Waals surface area contributed by atoms with Crippen LogP contribution in [0.25, 0.3) is 33.6 Å². The molecule has 6 rings (SSSR count). The van der Waals surface area contributed by atoms with Gasteiger partial charge in [0.2, 0.25) is 11.9 Å². The first-order chi connectivity index (χ1) is 22.4. The summed E-state index contributed by atoms with van der Waals surface area (Å²) in [6, 6.07) is 13.8. The Labute approximate surface area is 267 Å². The topological polar surface area (TPSA) is 145 Å². The van der Waals surface area contributed by atoms with Crippen molar-refractivity contribution in [2.45, 2.75) is 25.3 Å². The lowest BCUT2D eigenvalue weighted by atomic mass is 10.1. The molecule has 1 aliphatic rings. The summed E-state index contributed by atoms with van der Waals surface area (Å²) < 4.78 is 11.5. The number of aryl methyl sites for hydroxylation is 1. The highest BCUT2D eigenvalue weighted by Gasteiger charge is 2.27. The second-order valence-corrected chi connectivity index (χ2v) is 11.4. The standard InChI is InChI=1S/C34H38N8O4/c1-5-31(44)36-25-18-26(29(45-4)19-27(25)42-14-11-23(20-42)41(2)3)38-34-35-13-10-24(37-34)33-32(39-30(40-33)7-6-15-43)22-9-8-21-12-16-46-28(21)17-22/h5,8-10,12-13,16-19,23,43H,1,6-7,11,14-15,20H2,2-4H3,(H,36,44)(H,39,40)(H,35,37,38)/t23-/m0/s1. The average Bonchev–Trinajstić information content (AvgIpc) is 3.84. The Kier molecular flexibility index (Phi) is 8.99. The van der Waals surface area contributed by atoms with Crippen LogP contribution in [0, 0.1) is 0 Å². The van der Waals surface area contributed by atoms with Crippen LogP contribution in [0.1, 0.15) is 18.7 Å². The fraction of sp³-hybridized carbons (Fsp3) is 0.294. The van der Waals surface area contributed by atoms with Gasteiger partial charge in [-0.15, -0.1) is 0 Å². The molecule has 46 heavy (non-hydrogen) atoms. The van der Waals surface area contributed by atoms with E-state index in [-0.39, 0.29) is 12.5 Å². The molecule has 0 radical (unpaired) electrons. The van der Waals surface area contributed by atoms with E-state index in [1.54, 1.807) is 19.6 Å². The molecule has 5 aromatic rings. The number of amides is 1. The zero-order chi connectivity index (χ0) is 32.2. The Morgan fingerprint density at radius 3 is 2.85 bits per heavy atom. The van der Waals surface area contributed by atoms with Gasteiger partial charge in [-0.3, -0.25) is 4.79 Å². The minimum Gasteiger partial charge on any atom is -0.494 e. The molecule has 0 aliphatic carbocycles. The van der Waals surface area contributed by atoms with Crippen LogP contribution in [0.4, 0.5) is 23.0 Å². The Balaban J connectivity index is 1.36. The molecular formula is C34H38N8O4. The van der Waals surface area contributed by atoms with E-state index in [4.69, 9.17) is 19.1 Å². The van der Waals surface area contributed by atoms with Crippen LogP contribution in [0.5, 0.6) is 5.75 Å². The maximum atomic E-state index is 12.5. The highest BCUT2D eigenvalue weighted by molar-refractivity contribution is 6.02. The van der Waals surface area contributed by atoms with E-state index in [1.165, 1.54) is 6.08 Å². The summed E-state index contributed by atoms with van der Waals surface area (Å²) in [5.41, 5.74) is 5.76. The van der Waals surface area contributed by atoms with Gasteiger partial charge in [-0.1, -0.05) is 18.7 Å². The van der Waals surface area contributed by atoms with Crippen LogP contribution < -0.4 is 20.3 Å². The van der Waals surface area contributed by atoms with Gasteiger partial charge in [0.25, 0.3) is 0 Å². The van der Waals surface area contributed by atoms with E-state index in [2.05, 4.69) is 51.1 Å². The molecule has 1 atom stereocenters. The summed E-state index contributed by atoms with van der Waals surface area (Å²) in [7, 11) is 5.77. The van der Waals surface area contributed by atoms with Crippen molar-refractivity contribution in [1.29, 1.82) is 0 Å². The molecule has 0 spiro atoms. The van der Waals surface area contributed by atoms with Crippen molar-refractivity contribution in [1.82, 2.24) is 24.8 Å². The highest BCUT2D eigenvalue weighted by atomic mass is 16.5. The number of imidazole rings is 1. The summed E-state index contributed by atoms with van der Waals surface area (Å²) in [5, 5.41) is 16.7. The Bertz CT molecular complexity index is 1860. The second kappa shape index (κ2) is 13.4. The molecule has 3 aromatic heterocycles. The molecule has 1 saturated heterocycles. The number of ether oxygens (including phenoxy) is 1. The predicted molar refractivity (Wildman–Crippen MR) is 180 cm³/mol. The van der Waals surface area contributed by atoms with Gasteiger partial charge >= 0.3 is 0 Å². The van der Waals surface area contributed by atoms with E-state index >= 15 is 0 Å². The monoisotopic (exact) mass is 622 g/mol. The maximum Gasteiger partial charge on any atom is 0.247 e. The third-order valence-electron chi connectivity index (χ3n) is 8.21. The number of furan rings is 1. The van der Waals surface area contributed by atoms with Gasteiger partial charge in [0.15, 0.2) is 0 Å². The first-order valence-corrected chi connectivity index (χ1v) is 15.2. The van der Waals surface area contributed by atoms with E-state index < -0.39 is 0 Å². The first-order valence-electron chi connectivity index (χ1n) is 15.2. The number of hydrogen-bond acceptors (Lipinski definition) is 10. The maximum absolute atomic E-state index is 12.5. The van der Waals surface area contributed by atoms with Crippen molar-refractivity contribution in [3.05, 3.63) is 73.4 Å². The number of carbonyl (C=O) groups excluding carboxylic acids is 1. The van der Waals surface area contributed by atoms with Crippen LogP contribution in [-0.2, 0) is 11.2 Å². The van der Waals surface area contributed by atoms with Crippen molar-refractivity contribution in [3.8, 4) is 28.4 Å². The molecule has 0 bridgehead atoms.